The first kappa shape index (κ1) is 19.2. The molecule has 0 aliphatic rings. The lowest BCUT2D eigenvalue weighted by molar-refractivity contribution is -0.145. The van der Waals surface area contributed by atoms with Crippen LogP contribution in [0.25, 0.3) is 0 Å². The van der Waals surface area contributed by atoms with Crippen molar-refractivity contribution in [2.75, 3.05) is 7.11 Å². The van der Waals surface area contributed by atoms with Crippen molar-refractivity contribution in [3.05, 3.63) is 78.4 Å². The van der Waals surface area contributed by atoms with Gasteiger partial charge in [-0.3, -0.25) is 9.59 Å². The lowest BCUT2D eigenvalue weighted by atomic mass is 10.00. The average Bonchev–Trinajstić information content (AvgIpc) is 2.66. The van der Waals surface area contributed by atoms with Crippen LogP contribution in [-0.2, 0) is 16.0 Å². The number of amides is 1. The number of hydrogen-bond donors (Lipinski definition) is 1. The Bertz CT molecular complexity index is 740. The maximum atomic E-state index is 12.5. The summed E-state index contributed by atoms with van der Waals surface area (Å²) in [5, 5.41) is 2.95. The molecule has 136 valence electrons. The van der Waals surface area contributed by atoms with Gasteiger partial charge in [0.05, 0.1) is 13.2 Å². The van der Waals surface area contributed by atoms with E-state index in [9.17, 15) is 9.59 Å². The van der Waals surface area contributed by atoms with Gasteiger partial charge in [0.15, 0.2) is 0 Å². The number of rotatable bonds is 8. The summed E-state index contributed by atoms with van der Waals surface area (Å²) in [6.45, 7) is 5.07. The minimum absolute atomic E-state index is 0.233. The standard InChI is InChI=1S/C21H23NO4/c1-4-20(26-15(2)23)19(14-16-10-12-18(25-3)13-11-16)22-21(24)17-8-6-5-7-9-17/h4-13,19-20H,1,14H2,2-3H3,(H,22,24)/t19-,20?/m1/s1. The van der Waals surface area contributed by atoms with Crippen LogP contribution in [0.15, 0.2) is 67.3 Å². The number of benzene rings is 2. The summed E-state index contributed by atoms with van der Waals surface area (Å²) in [7, 11) is 1.60. The minimum atomic E-state index is -0.637. The van der Waals surface area contributed by atoms with E-state index >= 15 is 0 Å². The van der Waals surface area contributed by atoms with Crippen molar-refractivity contribution in [3.63, 3.8) is 0 Å². The van der Waals surface area contributed by atoms with Gasteiger partial charge in [-0.1, -0.05) is 36.9 Å². The summed E-state index contributed by atoms with van der Waals surface area (Å²) in [5.74, 6) is 0.0885. The number of carbonyl (C=O) groups is 2. The van der Waals surface area contributed by atoms with Crippen molar-refractivity contribution in [1.82, 2.24) is 5.32 Å². The van der Waals surface area contributed by atoms with Crippen LogP contribution in [0.5, 0.6) is 5.75 Å². The molecule has 5 heteroatoms. The first-order chi connectivity index (χ1) is 12.5. The Kier molecular flexibility index (Phi) is 6.97. The molecule has 0 aliphatic heterocycles. The topological polar surface area (TPSA) is 64.6 Å². The van der Waals surface area contributed by atoms with Crippen LogP contribution in [0.1, 0.15) is 22.8 Å². The Balaban J connectivity index is 2.20. The number of carbonyl (C=O) groups excluding carboxylic acids is 2. The zero-order valence-electron chi connectivity index (χ0n) is 15.0. The second-order valence-electron chi connectivity index (χ2n) is 5.81. The SMILES string of the molecule is C=CC(OC(C)=O)[C@@H](Cc1ccc(OC)cc1)NC(=O)c1ccccc1. The second kappa shape index (κ2) is 9.42. The van der Waals surface area contributed by atoms with Crippen molar-refractivity contribution in [3.8, 4) is 5.75 Å². The van der Waals surface area contributed by atoms with Gasteiger partial charge in [0.2, 0.25) is 0 Å². The molecule has 0 bridgehead atoms. The van der Waals surface area contributed by atoms with Gasteiger partial charge in [-0.05, 0) is 42.3 Å². The summed E-state index contributed by atoms with van der Waals surface area (Å²) in [4.78, 5) is 24.0. The highest BCUT2D eigenvalue weighted by atomic mass is 16.5. The highest BCUT2D eigenvalue weighted by Crippen LogP contribution is 2.16. The molecule has 0 aliphatic carbocycles. The molecular formula is C21H23NO4. The van der Waals surface area contributed by atoms with E-state index < -0.39 is 18.1 Å². The van der Waals surface area contributed by atoms with Crippen LogP contribution in [0.2, 0.25) is 0 Å². The van der Waals surface area contributed by atoms with Crippen molar-refractivity contribution in [2.24, 2.45) is 0 Å². The van der Waals surface area contributed by atoms with Crippen molar-refractivity contribution in [2.45, 2.75) is 25.5 Å². The minimum Gasteiger partial charge on any atom is -0.497 e. The van der Waals surface area contributed by atoms with Gasteiger partial charge in [-0.2, -0.15) is 0 Å². The molecule has 0 saturated heterocycles. The van der Waals surface area contributed by atoms with Crippen molar-refractivity contribution >= 4 is 11.9 Å². The lowest BCUT2D eigenvalue weighted by Gasteiger charge is -2.25. The number of methoxy groups -OCH3 is 1. The molecule has 0 heterocycles. The maximum Gasteiger partial charge on any atom is 0.303 e. The number of hydrogen-bond acceptors (Lipinski definition) is 4. The van der Waals surface area contributed by atoms with Crippen molar-refractivity contribution < 1.29 is 19.1 Å². The fourth-order valence-electron chi connectivity index (χ4n) is 2.59. The maximum absolute atomic E-state index is 12.5. The Morgan fingerprint density at radius 1 is 1.12 bits per heavy atom. The smallest absolute Gasteiger partial charge is 0.303 e. The van der Waals surface area contributed by atoms with Gasteiger partial charge in [0.25, 0.3) is 5.91 Å². The molecular weight excluding hydrogens is 330 g/mol. The molecule has 0 radical (unpaired) electrons. The Morgan fingerprint density at radius 3 is 2.31 bits per heavy atom. The van der Waals surface area contributed by atoms with Gasteiger partial charge in [-0.15, -0.1) is 0 Å². The van der Waals surface area contributed by atoms with E-state index in [1.807, 2.05) is 30.3 Å². The summed E-state index contributed by atoms with van der Waals surface area (Å²) < 4.78 is 10.5. The van der Waals surface area contributed by atoms with E-state index in [0.717, 1.165) is 11.3 Å². The zero-order chi connectivity index (χ0) is 18.9. The predicted molar refractivity (Wildman–Crippen MR) is 100 cm³/mol. The van der Waals surface area contributed by atoms with Gasteiger partial charge in [0, 0.05) is 12.5 Å². The second-order valence-corrected chi connectivity index (χ2v) is 5.81. The normalized spacial score (nSPS) is 12.5. The van der Waals surface area contributed by atoms with Gasteiger partial charge in [0.1, 0.15) is 11.9 Å². The zero-order valence-corrected chi connectivity index (χ0v) is 15.0. The molecule has 1 unspecified atom stereocenters. The third kappa shape index (κ3) is 5.48. The van der Waals surface area contributed by atoms with E-state index in [1.54, 1.807) is 31.4 Å². The summed E-state index contributed by atoms with van der Waals surface area (Å²) in [6, 6.07) is 16.0. The summed E-state index contributed by atoms with van der Waals surface area (Å²) in [6.07, 6.45) is 1.37. The van der Waals surface area contributed by atoms with Crippen LogP contribution in [0.4, 0.5) is 0 Å². The molecule has 0 aromatic heterocycles. The molecule has 5 nitrogen and oxygen atoms in total. The number of esters is 1. The highest BCUT2D eigenvalue weighted by molar-refractivity contribution is 5.94. The van der Waals surface area contributed by atoms with Crippen LogP contribution >= 0.6 is 0 Å². The molecule has 1 amide bonds. The Hall–Kier alpha value is -3.08. The van der Waals surface area contributed by atoms with Gasteiger partial charge in [-0.25, -0.2) is 0 Å². The van der Waals surface area contributed by atoms with E-state index in [0.29, 0.717) is 12.0 Å². The lowest BCUT2D eigenvalue weighted by Crippen LogP contribution is -2.45. The highest BCUT2D eigenvalue weighted by Gasteiger charge is 2.24. The number of ether oxygens (including phenoxy) is 2. The Labute approximate surface area is 153 Å². The average molecular weight is 353 g/mol. The molecule has 0 fully saturated rings. The fourth-order valence-corrected chi connectivity index (χ4v) is 2.59. The monoisotopic (exact) mass is 353 g/mol. The number of nitrogens with one attached hydrogen (secondary N) is 1. The molecule has 0 spiro atoms. The van der Waals surface area contributed by atoms with Crippen molar-refractivity contribution in [1.29, 1.82) is 0 Å². The van der Waals surface area contributed by atoms with E-state index in [1.165, 1.54) is 13.0 Å². The summed E-state index contributed by atoms with van der Waals surface area (Å²) >= 11 is 0. The van der Waals surface area contributed by atoms with Crippen LogP contribution < -0.4 is 10.1 Å². The molecule has 2 rings (SSSR count). The van der Waals surface area contributed by atoms with Gasteiger partial charge >= 0.3 is 5.97 Å². The molecule has 26 heavy (non-hydrogen) atoms. The third-order valence-electron chi connectivity index (χ3n) is 3.90. The van der Waals surface area contributed by atoms with Crippen LogP contribution in [-0.4, -0.2) is 31.1 Å². The fraction of sp³-hybridized carbons (Fsp3) is 0.238. The quantitative estimate of drug-likeness (QED) is 0.585. The molecule has 2 aromatic rings. The molecule has 1 N–H and O–H groups in total. The third-order valence-corrected chi connectivity index (χ3v) is 3.90. The summed E-state index contributed by atoms with van der Waals surface area (Å²) in [5.41, 5.74) is 1.51. The van der Waals surface area contributed by atoms with Gasteiger partial charge < -0.3 is 14.8 Å². The van der Waals surface area contributed by atoms with E-state index in [4.69, 9.17) is 9.47 Å². The van der Waals surface area contributed by atoms with Crippen LogP contribution in [0.3, 0.4) is 0 Å². The first-order valence-corrected chi connectivity index (χ1v) is 8.32. The van der Waals surface area contributed by atoms with E-state index in [2.05, 4.69) is 11.9 Å². The molecule has 2 aromatic carbocycles. The largest absolute Gasteiger partial charge is 0.497 e. The first-order valence-electron chi connectivity index (χ1n) is 8.32. The van der Waals surface area contributed by atoms with E-state index in [-0.39, 0.29) is 5.91 Å². The Morgan fingerprint density at radius 2 is 1.77 bits per heavy atom. The van der Waals surface area contributed by atoms with Crippen LogP contribution in [0, 0.1) is 0 Å². The molecule has 0 saturated carbocycles. The molecule has 2 atom stereocenters. The predicted octanol–water partition coefficient (Wildman–Crippen LogP) is 3.15.